The van der Waals surface area contributed by atoms with Crippen LogP contribution in [-0.2, 0) is 4.57 Å². The summed E-state index contributed by atoms with van der Waals surface area (Å²) < 4.78 is 14.3. The van der Waals surface area contributed by atoms with Gasteiger partial charge in [-0.15, -0.1) is 0 Å². The molecule has 1 aliphatic rings. The normalized spacial score (nSPS) is 17.6. The number of rotatable bonds is 7. The van der Waals surface area contributed by atoms with E-state index in [1.807, 2.05) is 60.7 Å². The van der Waals surface area contributed by atoms with Gasteiger partial charge in [0, 0.05) is 23.2 Å². The van der Waals surface area contributed by atoms with Gasteiger partial charge >= 0.3 is 0 Å². The maximum atomic E-state index is 14.3. The molecule has 1 aliphatic heterocycles. The Balaban J connectivity index is 1.88. The molecule has 27 heavy (non-hydrogen) atoms. The molecular weight excluding hydrogens is 351 g/mol. The average Bonchev–Trinajstić information content (AvgIpc) is 2.97. The Kier molecular flexibility index (Phi) is 7.29. The van der Waals surface area contributed by atoms with Crippen LogP contribution in [0.2, 0.25) is 0 Å². The molecule has 2 aromatic rings. The quantitative estimate of drug-likeness (QED) is 0.718. The summed E-state index contributed by atoms with van der Waals surface area (Å²) >= 11 is 0. The maximum absolute atomic E-state index is 14.3. The van der Waals surface area contributed by atoms with Crippen LogP contribution in [0.15, 0.2) is 60.7 Å². The fraction of sp³-hybridized carbons (Fsp3) is 0.478. The molecule has 1 N–H and O–H groups in total. The molecule has 0 saturated carbocycles. The molecule has 3 nitrogen and oxygen atoms in total. The molecule has 146 valence electrons. The van der Waals surface area contributed by atoms with Gasteiger partial charge in [0.1, 0.15) is 0 Å². The summed E-state index contributed by atoms with van der Waals surface area (Å²) in [7, 11) is -2.89. The van der Waals surface area contributed by atoms with Gasteiger partial charge in [-0.3, -0.25) is 9.65 Å². The van der Waals surface area contributed by atoms with Crippen molar-refractivity contribution >= 4 is 17.9 Å². The second-order valence-corrected chi connectivity index (χ2v) is 10.5. The highest BCUT2D eigenvalue weighted by Gasteiger charge is 2.32. The molecule has 1 atom stereocenters. The Labute approximate surface area is 164 Å². The van der Waals surface area contributed by atoms with Crippen molar-refractivity contribution < 1.29 is 4.57 Å². The molecular formula is C23H33N2OP. The van der Waals surface area contributed by atoms with Gasteiger partial charge in [-0.25, -0.2) is 0 Å². The highest BCUT2D eigenvalue weighted by atomic mass is 31.2. The maximum Gasteiger partial charge on any atom is 0.204 e. The molecule has 1 saturated heterocycles. The summed E-state index contributed by atoms with van der Waals surface area (Å²) in [6, 6.07) is 20.0. The van der Waals surface area contributed by atoms with Gasteiger partial charge in [-0.2, -0.15) is 0 Å². The van der Waals surface area contributed by atoms with E-state index in [0.717, 1.165) is 30.2 Å². The first-order valence-corrected chi connectivity index (χ1v) is 12.0. The van der Waals surface area contributed by atoms with Gasteiger partial charge in [0.2, 0.25) is 7.29 Å². The molecule has 0 unspecified atom stereocenters. The van der Waals surface area contributed by atoms with Crippen molar-refractivity contribution in [2.24, 2.45) is 5.92 Å². The van der Waals surface area contributed by atoms with Crippen LogP contribution in [0.4, 0.5) is 0 Å². The molecule has 0 bridgehead atoms. The lowest BCUT2D eigenvalue weighted by Gasteiger charge is -2.33. The Bertz CT molecular complexity index is 681. The van der Waals surface area contributed by atoms with Crippen molar-refractivity contribution in [1.82, 2.24) is 9.99 Å². The Morgan fingerprint density at radius 3 is 1.78 bits per heavy atom. The largest absolute Gasteiger partial charge is 0.302 e. The summed E-state index contributed by atoms with van der Waals surface area (Å²) in [5.41, 5.74) is 0. The molecule has 1 fully saturated rings. The second-order valence-electron chi connectivity index (χ2n) is 7.97. The van der Waals surface area contributed by atoms with Gasteiger partial charge in [-0.05, 0) is 56.1 Å². The van der Waals surface area contributed by atoms with Crippen molar-refractivity contribution in [3.63, 3.8) is 0 Å². The van der Waals surface area contributed by atoms with E-state index >= 15 is 0 Å². The van der Waals surface area contributed by atoms with Crippen LogP contribution in [0, 0.1) is 5.92 Å². The van der Waals surface area contributed by atoms with E-state index in [4.69, 9.17) is 0 Å². The summed E-state index contributed by atoms with van der Waals surface area (Å²) in [5.74, 6) is 0.411. The topological polar surface area (TPSA) is 32.3 Å². The smallest absolute Gasteiger partial charge is 0.204 e. The highest BCUT2D eigenvalue weighted by Crippen LogP contribution is 2.40. The lowest BCUT2D eigenvalue weighted by atomic mass is 10.1. The second kappa shape index (κ2) is 9.68. The van der Waals surface area contributed by atoms with Gasteiger partial charge in [0.15, 0.2) is 0 Å². The van der Waals surface area contributed by atoms with Crippen LogP contribution in [0.5, 0.6) is 0 Å². The minimum absolute atomic E-state index is 0.189. The van der Waals surface area contributed by atoms with E-state index in [-0.39, 0.29) is 6.04 Å². The lowest BCUT2D eigenvalue weighted by Crippen LogP contribution is -2.46. The van der Waals surface area contributed by atoms with Crippen molar-refractivity contribution in [2.75, 3.05) is 19.6 Å². The SMILES string of the molecule is CC(C)[C@@H](CN1CCCCCC1)NP(=O)(c1ccccc1)c1ccccc1. The number of nitrogens with zero attached hydrogens (tertiary/aromatic N) is 1. The number of nitrogens with one attached hydrogen (secondary N) is 1. The van der Waals surface area contributed by atoms with Crippen LogP contribution in [0.25, 0.3) is 0 Å². The van der Waals surface area contributed by atoms with Gasteiger partial charge in [-0.1, -0.05) is 63.1 Å². The summed E-state index contributed by atoms with van der Waals surface area (Å²) in [5, 5.41) is 5.42. The number of hydrogen-bond acceptors (Lipinski definition) is 2. The molecule has 3 rings (SSSR count). The fourth-order valence-electron chi connectivity index (χ4n) is 3.81. The van der Waals surface area contributed by atoms with Crippen LogP contribution in [0.1, 0.15) is 39.5 Å². The first kappa shape index (κ1) is 20.3. The van der Waals surface area contributed by atoms with Crippen molar-refractivity contribution in [3.8, 4) is 0 Å². The molecule has 0 amide bonds. The van der Waals surface area contributed by atoms with Gasteiger partial charge < -0.3 is 4.90 Å². The predicted molar refractivity (Wildman–Crippen MR) is 116 cm³/mol. The standard InChI is InChI=1S/C23H33N2OP/c1-20(2)23(19-25-17-11-3-4-12-18-25)24-27(26,21-13-7-5-8-14-21)22-15-9-6-10-16-22/h5-10,13-16,20,23H,3-4,11-12,17-19H2,1-2H3,(H,24,26)/t23-/m1/s1. The van der Waals surface area contributed by atoms with E-state index in [2.05, 4.69) is 23.8 Å². The summed E-state index contributed by atoms with van der Waals surface area (Å²) in [4.78, 5) is 2.56. The first-order valence-electron chi connectivity index (χ1n) is 10.3. The van der Waals surface area contributed by atoms with E-state index in [9.17, 15) is 4.57 Å². The minimum atomic E-state index is -2.89. The third-order valence-corrected chi connectivity index (χ3v) is 8.29. The zero-order chi connectivity index (χ0) is 19.1. The third-order valence-electron chi connectivity index (χ3n) is 5.55. The van der Waals surface area contributed by atoms with Crippen LogP contribution >= 0.6 is 7.29 Å². The van der Waals surface area contributed by atoms with Gasteiger partial charge in [0.25, 0.3) is 0 Å². The Morgan fingerprint density at radius 2 is 1.33 bits per heavy atom. The molecule has 0 aromatic heterocycles. The predicted octanol–water partition coefficient (Wildman–Crippen LogP) is 4.41. The highest BCUT2D eigenvalue weighted by molar-refractivity contribution is 7.76. The number of benzene rings is 2. The van der Waals surface area contributed by atoms with Crippen LogP contribution < -0.4 is 15.7 Å². The third kappa shape index (κ3) is 5.31. The van der Waals surface area contributed by atoms with Crippen LogP contribution in [-0.4, -0.2) is 30.6 Å². The zero-order valence-corrected chi connectivity index (χ0v) is 17.6. The average molecular weight is 385 g/mol. The Morgan fingerprint density at radius 1 is 0.852 bits per heavy atom. The molecule has 0 spiro atoms. The summed E-state index contributed by atoms with van der Waals surface area (Å²) in [6.07, 6.45) is 5.23. The molecule has 1 heterocycles. The van der Waals surface area contributed by atoms with E-state index < -0.39 is 7.29 Å². The van der Waals surface area contributed by atoms with Gasteiger partial charge in [0.05, 0.1) is 0 Å². The molecule has 0 radical (unpaired) electrons. The lowest BCUT2D eigenvalue weighted by molar-refractivity contribution is 0.238. The number of hydrogen-bond donors (Lipinski definition) is 1. The molecule has 2 aromatic carbocycles. The zero-order valence-electron chi connectivity index (χ0n) is 16.7. The van der Waals surface area contributed by atoms with Crippen molar-refractivity contribution in [3.05, 3.63) is 60.7 Å². The Hall–Kier alpha value is -1.41. The van der Waals surface area contributed by atoms with Crippen molar-refractivity contribution in [2.45, 2.75) is 45.6 Å². The van der Waals surface area contributed by atoms with Crippen LogP contribution in [0.3, 0.4) is 0 Å². The monoisotopic (exact) mass is 384 g/mol. The first-order chi connectivity index (χ1) is 13.1. The minimum Gasteiger partial charge on any atom is -0.302 e. The molecule has 4 heteroatoms. The van der Waals surface area contributed by atoms with E-state index in [1.165, 1.54) is 25.7 Å². The van der Waals surface area contributed by atoms with E-state index in [0.29, 0.717) is 5.92 Å². The number of likely N-dealkylation sites (tertiary alicyclic amines) is 1. The van der Waals surface area contributed by atoms with Crippen molar-refractivity contribution in [1.29, 1.82) is 0 Å². The van der Waals surface area contributed by atoms with E-state index in [1.54, 1.807) is 0 Å². The fourth-order valence-corrected chi connectivity index (χ4v) is 6.43. The summed E-state index contributed by atoms with van der Waals surface area (Å²) in [6.45, 7) is 7.74. The molecule has 0 aliphatic carbocycles.